The molecule has 4 rings (SSSR count). The van der Waals surface area contributed by atoms with Crippen LogP contribution in [-0.4, -0.2) is 76.4 Å². The number of aliphatic hydroxyl groups is 1. The lowest BCUT2D eigenvalue weighted by atomic mass is 9.86. The summed E-state index contributed by atoms with van der Waals surface area (Å²) in [4.78, 5) is 33.0. The Morgan fingerprint density at radius 2 is 1.83 bits per heavy atom. The van der Waals surface area contributed by atoms with Crippen LogP contribution in [0.5, 0.6) is 5.88 Å². The standard InChI is InChI=1S/C27H39N3O5/c1-27(2,3)35-26(33)29-13-10-19(11-14-29)18-34-24-9-8-22(16-28-24)20-4-6-21(7-5-20)25(32)30-15-12-23(31)17-30/h4,8-9,16,19,21,23,31H,5-7,10-15,17-18H2,1-3H3. The Labute approximate surface area is 208 Å². The van der Waals surface area contributed by atoms with E-state index in [1.165, 1.54) is 5.57 Å². The quantitative estimate of drug-likeness (QED) is 0.680. The molecule has 2 aliphatic heterocycles. The van der Waals surface area contributed by atoms with E-state index < -0.39 is 5.60 Å². The third-order valence-corrected chi connectivity index (χ3v) is 7.08. The second kappa shape index (κ2) is 11.0. The lowest BCUT2D eigenvalue weighted by molar-refractivity contribution is -0.135. The topological polar surface area (TPSA) is 92.2 Å². The molecule has 0 radical (unpaired) electrons. The van der Waals surface area contributed by atoms with E-state index in [1.807, 2.05) is 44.0 Å². The summed E-state index contributed by atoms with van der Waals surface area (Å²) >= 11 is 0. The molecule has 35 heavy (non-hydrogen) atoms. The van der Waals surface area contributed by atoms with Gasteiger partial charge < -0.3 is 24.4 Å². The molecule has 0 saturated carbocycles. The summed E-state index contributed by atoms with van der Waals surface area (Å²) in [6.45, 7) is 8.75. The molecule has 2 fully saturated rings. The highest BCUT2D eigenvalue weighted by atomic mass is 16.6. The monoisotopic (exact) mass is 485 g/mol. The van der Waals surface area contributed by atoms with E-state index in [9.17, 15) is 14.7 Å². The molecule has 192 valence electrons. The van der Waals surface area contributed by atoms with Gasteiger partial charge in [-0.2, -0.15) is 0 Å². The fourth-order valence-corrected chi connectivity index (χ4v) is 4.99. The number of hydrogen-bond donors (Lipinski definition) is 1. The molecule has 2 unspecified atom stereocenters. The number of allylic oxidation sites excluding steroid dienone is 2. The minimum absolute atomic E-state index is 0.0151. The molecular formula is C27H39N3O5. The van der Waals surface area contributed by atoms with Crippen LogP contribution >= 0.6 is 0 Å². The average molecular weight is 486 g/mol. The van der Waals surface area contributed by atoms with Crippen LogP contribution in [0, 0.1) is 11.8 Å². The molecule has 2 atom stereocenters. The number of carbonyl (C=O) groups is 2. The number of piperidine rings is 1. The van der Waals surface area contributed by atoms with Crippen LogP contribution in [0.15, 0.2) is 24.4 Å². The molecule has 2 saturated heterocycles. The third-order valence-electron chi connectivity index (χ3n) is 7.08. The molecule has 0 bridgehead atoms. The van der Waals surface area contributed by atoms with Gasteiger partial charge in [0.25, 0.3) is 0 Å². The van der Waals surface area contributed by atoms with E-state index in [2.05, 4.69) is 11.1 Å². The van der Waals surface area contributed by atoms with Crippen molar-refractivity contribution in [1.29, 1.82) is 0 Å². The number of carbonyl (C=O) groups excluding carboxylic acids is 2. The van der Waals surface area contributed by atoms with Gasteiger partial charge in [-0.3, -0.25) is 4.79 Å². The van der Waals surface area contributed by atoms with Gasteiger partial charge in [0.2, 0.25) is 11.8 Å². The lowest BCUT2D eigenvalue weighted by Crippen LogP contribution is -2.42. The largest absolute Gasteiger partial charge is 0.477 e. The molecule has 0 aromatic carbocycles. The second-order valence-electron chi connectivity index (χ2n) is 11.0. The number of nitrogens with zero attached hydrogens (tertiary/aromatic N) is 3. The first-order chi connectivity index (χ1) is 16.7. The Kier molecular flexibility index (Phi) is 7.99. The molecule has 3 aliphatic rings. The summed E-state index contributed by atoms with van der Waals surface area (Å²) in [5, 5.41) is 9.69. The molecule has 1 aromatic heterocycles. The van der Waals surface area contributed by atoms with E-state index in [4.69, 9.17) is 9.47 Å². The van der Waals surface area contributed by atoms with Crippen molar-refractivity contribution in [1.82, 2.24) is 14.8 Å². The summed E-state index contributed by atoms with van der Waals surface area (Å²) in [5.41, 5.74) is 1.83. The fraction of sp³-hybridized carbons (Fsp3) is 0.667. The number of aromatic nitrogens is 1. The highest BCUT2D eigenvalue weighted by Crippen LogP contribution is 2.32. The molecule has 2 amide bonds. The Hall–Kier alpha value is -2.61. The zero-order chi connectivity index (χ0) is 25.0. The first-order valence-corrected chi connectivity index (χ1v) is 12.9. The number of hydrogen-bond acceptors (Lipinski definition) is 6. The number of likely N-dealkylation sites (tertiary alicyclic amines) is 2. The summed E-state index contributed by atoms with van der Waals surface area (Å²) in [6.07, 6.45) is 8.29. The maximum atomic E-state index is 12.7. The Morgan fingerprint density at radius 1 is 1.09 bits per heavy atom. The second-order valence-corrected chi connectivity index (χ2v) is 11.0. The van der Waals surface area contributed by atoms with Crippen molar-refractivity contribution >= 4 is 17.6 Å². The van der Waals surface area contributed by atoms with Crippen LogP contribution in [0.2, 0.25) is 0 Å². The number of rotatable bonds is 5. The minimum Gasteiger partial charge on any atom is -0.477 e. The zero-order valence-corrected chi connectivity index (χ0v) is 21.2. The van der Waals surface area contributed by atoms with Gasteiger partial charge in [-0.25, -0.2) is 9.78 Å². The van der Waals surface area contributed by atoms with E-state index >= 15 is 0 Å². The lowest BCUT2D eigenvalue weighted by Gasteiger charge is -2.33. The molecule has 8 nitrogen and oxygen atoms in total. The number of β-amino-alcohol motifs (C(OH)–C–C–N with tert-alkyl or cyclic N) is 1. The van der Waals surface area contributed by atoms with Crippen molar-refractivity contribution in [3.63, 3.8) is 0 Å². The molecule has 0 spiro atoms. The number of amides is 2. The van der Waals surface area contributed by atoms with Crippen LogP contribution in [-0.2, 0) is 9.53 Å². The number of ether oxygens (including phenoxy) is 2. The summed E-state index contributed by atoms with van der Waals surface area (Å²) < 4.78 is 11.4. The van der Waals surface area contributed by atoms with Gasteiger partial charge in [-0.1, -0.05) is 6.08 Å². The smallest absolute Gasteiger partial charge is 0.410 e. The van der Waals surface area contributed by atoms with Gasteiger partial charge in [0.05, 0.1) is 12.7 Å². The van der Waals surface area contributed by atoms with E-state index in [-0.39, 0.29) is 24.0 Å². The number of pyridine rings is 1. The van der Waals surface area contributed by atoms with E-state index in [0.29, 0.717) is 51.0 Å². The van der Waals surface area contributed by atoms with E-state index in [1.54, 1.807) is 4.90 Å². The molecule has 3 heterocycles. The summed E-state index contributed by atoms with van der Waals surface area (Å²) in [6, 6.07) is 3.95. The van der Waals surface area contributed by atoms with Crippen LogP contribution in [0.4, 0.5) is 4.79 Å². The van der Waals surface area contributed by atoms with Gasteiger partial charge >= 0.3 is 6.09 Å². The first kappa shape index (κ1) is 25.5. The zero-order valence-electron chi connectivity index (χ0n) is 21.2. The van der Waals surface area contributed by atoms with Crippen molar-refractivity contribution in [3.05, 3.63) is 30.0 Å². The van der Waals surface area contributed by atoms with E-state index in [0.717, 1.165) is 37.7 Å². The highest BCUT2D eigenvalue weighted by molar-refractivity contribution is 5.81. The Balaban J connectivity index is 1.20. The molecule has 1 aliphatic carbocycles. The van der Waals surface area contributed by atoms with Gasteiger partial charge in [-0.05, 0) is 82.4 Å². The van der Waals surface area contributed by atoms with Gasteiger partial charge in [0, 0.05) is 44.4 Å². The Bertz CT molecular complexity index is 916. The van der Waals surface area contributed by atoms with Crippen LogP contribution in [0.1, 0.15) is 64.9 Å². The van der Waals surface area contributed by atoms with Crippen molar-refractivity contribution in [3.8, 4) is 5.88 Å². The normalized spacial score (nSPS) is 23.7. The van der Waals surface area contributed by atoms with Gasteiger partial charge in [0.15, 0.2) is 0 Å². The number of aliphatic hydroxyl groups excluding tert-OH is 1. The molecule has 1 aromatic rings. The molecule has 8 heteroatoms. The Morgan fingerprint density at radius 3 is 2.40 bits per heavy atom. The van der Waals surface area contributed by atoms with Crippen LogP contribution in [0.25, 0.3) is 5.57 Å². The van der Waals surface area contributed by atoms with Gasteiger partial charge in [0.1, 0.15) is 5.60 Å². The average Bonchev–Trinajstić information content (AvgIpc) is 3.28. The van der Waals surface area contributed by atoms with Crippen molar-refractivity contribution in [2.24, 2.45) is 11.8 Å². The maximum Gasteiger partial charge on any atom is 0.410 e. The first-order valence-electron chi connectivity index (χ1n) is 12.9. The molecular weight excluding hydrogens is 446 g/mol. The fourth-order valence-electron chi connectivity index (χ4n) is 4.99. The van der Waals surface area contributed by atoms with Crippen LogP contribution in [0.3, 0.4) is 0 Å². The van der Waals surface area contributed by atoms with Crippen LogP contribution < -0.4 is 4.74 Å². The van der Waals surface area contributed by atoms with Crippen molar-refractivity contribution in [2.45, 2.75) is 71.0 Å². The highest BCUT2D eigenvalue weighted by Gasteiger charge is 2.31. The third kappa shape index (κ3) is 6.97. The summed E-state index contributed by atoms with van der Waals surface area (Å²) in [5.74, 6) is 1.19. The van der Waals surface area contributed by atoms with Crippen molar-refractivity contribution in [2.75, 3.05) is 32.8 Å². The predicted octanol–water partition coefficient (Wildman–Crippen LogP) is 3.88. The molecule has 1 N–H and O–H groups in total. The van der Waals surface area contributed by atoms with Gasteiger partial charge in [-0.15, -0.1) is 0 Å². The maximum absolute atomic E-state index is 12.7. The SMILES string of the molecule is CC(C)(C)OC(=O)N1CCC(COc2ccc(C3=CCC(C(=O)N4CCC(O)C4)CC3)cn2)CC1. The summed E-state index contributed by atoms with van der Waals surface area (Å²) in [7, 11) is 0. The predicted molar refractivity (Wildman–Crippen MR) is 133 cm³/mol. The minimum atomic E-state index is -0.472. The van der Waals surface area contributed by atoms with Crippen molar-refractivity contribution < 1.29 is 24.2 Å².